The van der Waals surface area contributed by atoms with Crippen LogP contribution in [0, 0.1) is 5.92 Å². The lowest BCUT2D eigenvalue weighted by Gasteiger charge is -2.13. The molecule has 0 bridgehead atoms. The Morgan fingerprint density at radius 1 is 1.53 bits per heavy atom. The average molecular weight is 204 g/mol. The smallest absolute Gasteiger partial charge is 0.130 e. The van der Waals surface area contributed by atoms with Crippen molar-refractivity contribution >= 4 is 5.82 Å². The number of aromatic nitrogens is 1. The number of rotatable bonds is 5. The fourth-order valence-electron chi connectivity index (χ4n) is 1.36. The molecule has 0 aliphatic carbocycles. The Kier molecular flexibility index (Phi) is 4.88. The SMILES string of the molecule is C/C=C(/CC(C)CC)Nc1ccccn1. The van der Waals surface area contributed by atoms with E-state index in [1.54, 1.807) is 6.20 Å². The molecule has 0 saturated carbocycles. The topological polar surface area (TPSA) is 24.9 Å². The van der Waals surface area contributed by atoms with E-state index in [2.05, 4.69) is 37.1 Å². The number of allylic oxidation sites excluding steroid dienone is 2. The van der Waals surface area contributed by atoms with E-state index in [1.165, 1.54) is 12.1 Å². The van der Waals surface area contributed by atoms with Gasteiger partial charge < -0.3 is 5.32 Å². The molecule has 15 heavy (non-hydrogen) atoms. The van der Waals surface area contributed by atoms with Crippen molar-refractivity contribution in [2.24, 2.45) is 5.92 Å². The van der Waals surface area contributed by atoms with Crippen molar-refractivity contribution in [1.29, 1.82) is 0 Å². The fraction of sp³-hybridized carbons (Fsp3) is 0.462. The lowest BCUT2D eigenvalue weighted by Crippen LogP contribution is -2.05. The van der Waals surface area contributed by atoms with E-state index in [-0.39, 0.29) is 0 Å². The first-order chi connectivity index (χ1) is 7.26. The minimum atomic E-state index is 0.715. The van der Waals surface area contributed by atoms with Crippen molar-refractivity contribution < 1.29 is 0 Å². The first-order valence-electron chi connectivity index (χ1n) is 5.59. The second-order valence-electron chi connectivity index (χ2n) is 3.87. The Morgan fingerprint density at radius 3 is 2.87 bits per heavy atom. The summed E-state index contributed by atoms with van der Waals surface area (Å²) < 4.78 is 0. The third kappa shape index (κ3) is 4.15. The lowest BCUT2D eigenvalue weighted by molar-refractivity contribution is 0.558. The largest absolute Gasteiger partial charge is 0.344 e. The van der Waals surface area contributed by atoms with Gasteiger partial charge in [0.05, 0.1) is 0 Å². The van der Waals surface area contributed by atoms with Gasteiger partial charge in [-0.2, -0.15) is 0 Å². The highest BCUT2D eigenvalue weighted by atomic mass is 15.0. The zero-order valence-corrected chi connectivity index (χ0v) is 9.83. The Labute approximate surface area is 92.4 Å². The van der Waals surface area contributed by atoms with Crippen molar-refractivity contribution in [3.05, 3.63) is 36.2 Å². The van der Waals surface area contributed by atoms with Crippen LogP contribution in [-0.4, -0.2) is 4.98 Å². The third-order valence-corrected chi connectivity index (χ3v) is 2.57. The molecule has 0 aromatic carbocycles. The van der Waals surface area contributed by atoms with Crippen molar-refractivity contribution in [3.63, 3.8) is 0 Å². The van der Waals surface area contributed by atoms with Crippen LogP contribution in [0.4, 0.5) is 5.82 Å². The number of nitrogens with zero attached hydrogens (tertiary/aromatic N) is 1. The van der Waals surface area contributed by atoms with Gasteiger partial charge in [-0.15, -0.1) is 0 Å². The predicted molar refractivity (Wildman–Crippen MR) is 65.7 cm³/mol. The van der Waals surface area contributed by atoms with Crippen LogP contribution in [0.3, 0.4) is 0 Å². The van der Waals surface area contributed by atoms with Crippen molar-refractivity contribution in [2.45, 2.75) is 33.6 Å². The molecule has 0 amide bonds. The van der Waals surface area contributed by atoms with Crippen LogP contribution in [0.2, 0.25) is 0 Å². The molecule has 0 spiro atoms. The lowest BCUT2D eigenvalue weighted by atomic mass is 10.0. The van der Waals surface area contributed by atoms with Crippen LogP contribution in [0.25, 0.3) is 0 Å². The van der Waals surface area contributed by atoms with Gasteiger partial charge in [-0.05, 0) is 31.4 Å². The zero-order valence-electron chi connectivity index (χ0n) is 9.83. The maximum atomic E-state index is 4.25. The normalized spacial score (nSPS) is 13.7. The van der Waals surface area contributed by atoms with Gasteiger partial charge >= 0.3 is 0 Å². The summed E-state index contributed by atoms with van der Waals surface area (Å²) in [6, 6.07) is 5.90. The average Bonchev–Trinajstić information content (AvgIpc) is 2.29. The first-order valence-corrected chi connectivity index (χ1v) is 5.59. The minimum absolute atomic E-state index is 0.715. The summed E-state index contributed by atoms with van der Waals surface area (Å²) in [4.78, 5) is 4.25. The summed E-state index contributed by atoms with van der Waals surface area (Å²) in [7, 11) is 0. The van der Waals surface area contributed by atoms with E-state index in [0.717, 1.165) is 12.2 Å². The van der Waals surface area contributed by atoms with Crippen LogP contribution in [0.15, 0.2) is 36.2 Å². The van der Waals surface area contributed by atoms with Crippen molar-refractivity contribution in [3.8, 4) is 0 Å². The molecule has 0 fully saturated rings. The molecule has 1 rings (SSSR count). The van der Waals surface area contributed by atoms with Gasteiger partial charge in [0.15, 0.2) is 0 Å². The van der Waals surface area contributed by atoms with Gasteiger partial charge in [0.1, 0.15) is 5.82 Å². The maximum Gasteiger partial charge on any atom is 0.130 e. The molecular formula is C13H20N2. The minimum Gasteiger partial charge on any atom is -0.344 e. The molecule has 0 aliphatic heterocycles. The molecular weight excluding hydrogens is 184 g/mol. The van der Waals surface area contributed by atoms with E-state index < -0.39 is 0 Å². The van der Waals surface area contributed by atoms with Crippen molar-refractivity contribution in [2.75, 3.05) is 5.32 Å². The molecule has 1 atom stereocenters. The Bertz CT molecular complexity index is 304. The van der Waals surface area contributed by atoms with E-state index in [0.29, 0.717) is 5.92 Å². The van der Waals surface area contributed by atoms with Gasteiger partial charge in [-0.3, -0.25) is 0 Å². The molecule has 0 aliphatic rings. The van der Waals surface area contributed by atoms with Gasteiger partial charge in [0.25, 0.3) is 0 Å². The van der Waals surface area contributed by atoms with E-state index in [4.69, 9.17) is 0 Å². The van der Waals surface area contributed by atoms with E-state index in [9.17, 15) is 0 Å². The Hall–Kier alpha value is -1.31. The van der Waals surface area contributed by atoms with Crippen LogP contribution in [-0.2, 0) is 0 Å². The Balaban J connectivity index is 2.55. The van der Waals surface area contributed by atoms with E-state index >= 15 is 0 Å². The van der Waals surface area contributed by atoms with Crippen LogP contribution in [0.1, 0.15) is 33.6 Å². The number of pyridine rings is 1. The van der Waals surface area contributed by atoms with Gasteiger partial charge in [0, 0.05) is 11.9 Å². The summed E-state index contributed by atoms with van der Waals surface area (Å²) in [5.41, 5.74) is 1.25. The van der Waals surface area contributed by atoms with E-state index in [1.807, 2.05) is 18.2 Å². The predicted octanol–water partition coefficient (Wildman–Crippen LogP) is 3.83. The number of nitrogens with one attached hydrogen (secondary N) is 1. The second-order valence-corrected chi connectivity index (χ2v) is 3.87. The number of anilines is 1. The summed E-state index contributed by atoms with van der Waals surface area (Å²) in [5.74, 6) is 1.64. The summed E-state index contributed by atoms with van der Waals surface area (Å²) in [5, 5.41) is 3.34. The molecule has 2 heteroatoms. The van der Waals surface area contributed by atoms with Crippen molar-refractivity contribution in [1.82, 2.24) is 4.98 Å². The summed E-state index contributed by atoms with van der Waals surface area (Å²) in [6.45, 7) is 6.55. The van der Waals surface area contributed by atoms with Gasteiger partial charge in [-0.1, -0.05) is 32.4 Å². The molecule has 1 heterocycles. The molecule has 1 aromatic rings. The van der Waals surface area contributed by atoms with Gasteiger partial charge in [0.2, 0.25) is 0 Å². The molecule has 0 radical (unpaired) electrons. The number of hydrogen-bond donors (Lipinski definition) is 1. The maximum absolute atomic E-state index is 4.25. The molecule has 1 unspecified atom stereocenters. The number of hydrogen-bond acceptors (Lipinski definition) is 2. The molecule has 1 aromatic heterocycles. The fourth-order valence-corrected chi connectivity index (χ4v) is 1.36. The van der Waals surface area contributed by atoms with Crippen LogP contribution >= 0.6 is 0 Å². The zero-order chi connectivity index (χ0) is 11.1. The van der Waals surface area contributed by atoms with Crippen LogP contribution in [0.5, 0.6) is 0 Å². The summed E-state index contributed by atoms with van der Waals surface area (Å²) in [6.07, 6.45) is 6.23. The quantitative estimate of drug-likeness (QED) is 0.788. The van der Waals surface area contributed by atoms with Gasteiger partial charge in [-0.25, -0.2) is 4.98 Å². The summed E-state index contributed by atoms with van der Waals surface area (Å²) >= 11 is 0. The highest BCUT2D eigenvalue weighted by Gasteiger charge is 2.03. The molecule has 82 valence electrons. The third-order valence-electron chi connectivity index (χ3n) is 2.57. The first kappa shape index (κ1) is 11.8. The molecule has 0 saturated heterocycles. The Morgan fingerprint density at radius 2 is 2.33 bits per heavy atom. The molecule has 1 N–H and O–H groups in total. The second kappa shape index (κ2) is 6.23. The highest BCUT2D eigenvalue weighted by Crippen LogP contribution is 2.16. The molecule has 2 nitrogen and oxygen atoms in total. The van der Waals surface area contributed by atoms with Crippen LogP contribution < -0.4 is 5.32 Å². The highest BCUT2D eigenvalue weighted by molar-refractivity contribution is 5.40. The standard InChI is InChI=1S/C13H20N2/c1-4-11(3)10-12(5-2)15-13-8-6-7-9-14-13/h5-9,11H,4,10H2,1-3H3,(H,14,15)/b12-5-. The monoisotopic (exact) mass is 204 g/mol.